The zero-order chi connectivity index (χ0) is 19.8. The second-order valence-electron chi connectivity index (χ2n) is 6.98. The van der Waals surface area contributed by atoms with E-state index in [2.05, 4.69) is 0 Å². The number of carbonyl (C=O) groups is 1. The monoisotopic (exact) mass is 436 g/mol. The molecule has 2 aliphatic rings. The van der Waals surface area contributed by atoms with Crippen LogP contribution in [0.25, 0.3) is 0 Å². The number of rotatable bonds is 3. The van der Waals surface area contributed by atoms with Crippen molar-refractivity contribution in [3.63, 3.8) is 0 Å². The fourth-order valence-corrected chi connectivity index (χ4v) is 6.90. The molecule has 0 atom stereocenters. The molecule has 4 rings (SSSR count). The lowest BCUT2D eigenvalue weighted by atomic mass is 10.0. The number of carbonyl (C=O) groups excluding carboxylic acids is 1. The van der Waals surface area contributed by atoms with Gasteiger partial charge in [-0.25, -0.2) is 8.42 Å². The molecule has 0 N–H and O–H groups in total. The Hall–Kier alpha value is -1.54. The standard InChI is InChI=1S/C20H21ClN2O3S2/c21-17-6-8-18(9-7-17)28(25,26)22-12-10-20(11-13-22)23(14-15-27-20)19(24)16-4-2-1-3-5-16/h1-9H,10-15H2. The van der Waals surface area contributed by atoms with Crippen molar-refractivity contribution in [2.75, 3.05) is 25.4 Å². The number of benzene rings is 2. The van der Waals surface area contributed by atoms with Crippen LogP contribution in [0.2, 0.25) is 5.02 Å². The van der Waals surface area contributed by atoms with Crippen molar-refractivity contribution < 1.29 is 13.2 Å². The molecule has 8 heteroatoms. The van der Waals surface area contributed by atoms with Crippen LogP contribution in [-0.2, 0) is 10.0 Å². The summed E-state index contributed by atoms with van der Waals surface area (Å²) in [7, 11) is -3.55. The Kier molecular flexibility index (Phi) is 5.44. The summed E-state index contributed by atoms with van der Waals surface area (Å²) in [5.74, 6) is 0.905. The molecule has 2 heterocycles. The predicted molar refractivity (Wildman–Crippen MR) is 112 cm³/mol. The molecule has 2 aromatic carbocycles. The van der Waals surface area contributed by atoms with Crippen molar-refractivity contribution in [1.82, 2.24) is 9.21 Å². The van der Waals surface area contributed by atoms with E-state index in [1.165, 1.54) is 16.4 Å². The molecule has 1 amide bonds. The molecule has 0 unspecified atom stereocenters. The van der Waals surface area contributed by atoms with Crippen molar-refractivity contribution in [2.45, 2.75) is 22.6 Å². The first-order chi connectivity index (χ1) is 13.4. The van der Waals surface area contributed by atoms with Crippen molar-refractivity contribution >= 4 is 39.3 Å². The second kappa shape index (κ2) is 7.71. The molecule has 28 heavy (non-hydrogen) atoms. The summed E-state index contributed by atoms with van der Waals surface area (Å²) in [6.45, 7) is 1.50. The fourth-order valence-electron chi connectivity index (χ4n) is 3.88. The molecule has 0 aromatic heterocycles. The molecule has 5 nitrogen and oxygen atoms in total. The molecule has 148 valence electrons. The fraction of sp³-hybridized carbons (Fsp3) is 0.350. The smallest absolute Gasteiger partial charge is 0.254 e. The maximum atomic E-state index is 13.0. The van der Waals surface area contributed by atoms with Gasteiger partial charge in [-0.2, -0.15) is 4.31 Å². The summed E-state index contributed by atoms with van der Waals surface area (Å²) in [5.41, 5.74) is 0.681. The third-order valence-electron chi connectivity index (χ3n) is 5.40. The Morgan fingerprint density at radius 3 is 2.25 bits per heavy atom. The van der Waals surface area contributed by atoms with E-state index >= 15 is 0 Å². The van der Waals surface area contributed by atoms with Crippen LogP contribution < -0.4 is 0 Å². The van der Waals surface area contributed by atoms with Crippen LogP contribution in [0.4, 0.5) is 0 Å². The van der Waals surface area contributed by atoms with E-state index < -0.39 is 10.0 Å². The number of hydrogen-bond donors (Lipinski definition) is 0. The lowest BCUT2D eigenvalue weighted by Gasteiger charge is -2.43. The van der Waals surface area contributed by atoms with Gasteiger partial charge in [0, 0.05) is 36.0 Å². The summed E-state index contributed by atoms with van der Waals surface area (Å²) < 4.78 is 27.4. The van der Waals surface area contributed by atoms with Crippen LogP contribution in [0.15, 0.2) is 59.5 Å². The second-order valence-corrected chi connectivity index (χ2v) is 10.8. The van der Waals surface area contributed by atoms with Crippen LogP contribution in [0.1, 0.15) is 23.2 Å². The van der Waals surface area contributed by atoms with E-state index in [1.807, 2.05) is 35.2 Å². The Balaban J connectivity index is 1.51. The quantitative estimate of drug-likeness (QED) is 0.735. The number of nitrogens with zero attached hydrogens (tertiary/aromatic N) is 2. The number of hydrogen-bond acceptors (Lipinski definition) is 4. The van der Waals surface area contributed by atoms with Gasteiger partial charge in [0.15, 0.2) is 0 Å². The Morgan fingerprint density at radius 1 is 0.964 bits per heavy atom. The number of amides is 1. The van der Waals surface area contributed by atoms with Gasteiger partial charge in [0.1, 0.15) is 0 Å². The molecule has 2 aliphatic heterocycles. The first-order valence-corrected chi connectivity index (χ1v) is 12.0. The van der Waals surface area contributed by atoms with E-state index in [4.69, 9.17) is 11.6 Å². The van der Waals surface area contributed by atoms with Gasteiger partial charge in [0.2, 0.25) is 10.0 Å². The molecule has 0 bridgehead atoms. The normalized spacial score (nSPS) is 19.8. The summed E-state index contributed by atoms with van der Waals surface area (Å²) in [6.07, 6.45) is 1.26. The van der Waals surface area contributed by atoms with E-state index in [1.54, 1.807) is 23.9 Å². The van der Waals surface area contributed by atoms with Gasteiger partial charge in [0.05, 0.1) is 9.77 Å². The van der Waals surface area contributed by atoms with Crippen LogP contribution in [0, 0.1) is 0 Å². The molecule has 2 fully saturated rings. The van der Waals surface area contributed by atoms with Gasteiger partial charge in [-0.05, 0) is 49.2 Å². The van der Waals surface area contributed by atoms with Crippen LogP contribution in [0.3, 0.4) is 0 Å². The molecular weight excluding hydrogens is 416 g/mol. The first kappa shape index (κ1) is 19.8. The highest BCUT2D eigenvalue weighted by Gasteiger charge is 2.48. The van der Waals surface area contributed by atoms with Crippen LogP contribution in [0.5, 0.6) is 0 Å². The van der Waals surface area contributed by atoms with Gasteiger partial charge in [-0.15, -0.1) is 11.8 Å². The van der Waals surface area contributed by atoms with Crippen molar-refractivity contribution in [3.8, 4) is 0 Å². The minimum atomic E-state index is -3.55. The molecule has 2 aromatic rings. The highest BCUT2D eigenvalue weighted by atomic mass is 35.5. The lowest BCUT2D eigenvalue weighted by molar-refractivity contribution is 0.0605. The third-order valence-corrected chi connectivity index (χ3v) is 9.12. The van der Waals surface area contributed by atoms with Crippen molar-refractivity contribution in [2.24, 2.45) is 0 Å². The summed E-state index contributed by atoms with van der Waals surface area (Å²) >= 11 is 7.65. The zero-order valence-electron chi connectivity index (χ0n) is 15.3. The molecule has 0 aliphatic carbocycles. The molecule has 0 saturated carbocycles. The summed E-state index contributed by atoms with van der Waals surface area (Å²) in [4.78, 5) is 14.9. The van der Waals surface area contributed by atoms with Crippen LogP contribution >= 0.6 is 23.4 Å². The average Bonchev–Trinajstić information content (AvgIpc) is 3.11. The zero-order valence-corrected chi connectivity index (χ0v) is 17.6. The highest BCUT2D eigenvalue weighted by Crippen LogP contribution is 2.45. The van der Waals surface area contributed by atoms with E-state index in [0.717, 1.165) is 5.75 Å². The van der Waals surface area contributed by atoms with Gasteiger partial charge in [-0.3, -0.25) is 4.79 Å². The number of sulfonamides is 1. The maximum absolute atomic E-state index is 13.0. The minimum absolute atomic E-state index is 0.0274. The molecule has 0 radical (unpaired) electrons. The largest absolute Gasteiger partial charge is 0.323 e. The maximum Gasteiger partial charge on any atom is 0.254 e. The Morgan fingerprint density at radius 2 is 1.61 bits per heavy atom. The van der Waals surface area contributed by atoms with E-state index in [-0.39, 0.29) is 15.7 Å². The van der Waals surface area contributed by atoms with E-state index in [0.29, 0.717) is 43.1 Å². The van der Waals surface area contributed by atoms with Crippen LogP contribution in [-0.4, -0.2) is 53.8 Å². The van der Waals surface area contributed by atoms with Gasteiger partial charge in [0.25, 0.3) is 5.91 Å². The molecule has 1 spiro atoms. The average molecular weight is 437 g/mol. The Bertz CT molecular complexity index is 957. The Labute approximate surface area is 174 Å². The number of thioether (sulfide) groups is 1. The molecule has 2 saturated heterocycles. The SMILES string of the molecule is O=C(c1ccccc1)N1CCSC12CCN(S(=O)(=O)c1ccc(Cl)cc1)CC2. The van der Waals surface area contributed by atoms with Crippen molar-refractivity contribution in [1.29, 1.82) is 0 Å². The van der Waals surface area contributed by atoms with Gasteiger partial charge >= 0.3 is 0 Å². The highest BCUT2D eigenvalue weighted by molar-refractivity contribution is 8.00. The van der Waals surface area contributed by atoms with Crippen molar-refractivity contribution in [3.05, 3.63) is 65.2 Å². The van der Waals surface area contributed by atoms with Gasteiger partial charge in [-0.1, -0.05) is 29.8 Å². The lowest BCUT2D eigenvalue weighted by Crippen LogP contribution is -2.53. The first-order valence-electron chi connectivity index (χ1n) is 9.19. The predicted octanol–water partition coefficient (Wildman–Crippen LogP) is 3.71. The topological polar surface area (TPSA) is 57.7 Å². The van der Waals surface area contributed by atoms with E-state index in [9.17, 15) is 13.2 Å². The third kappa shape index (κ3) is 3.56. The summed E-state index contributed by atoms with van der Waals surface area (Å²) in [5, 5.41) is 0.508. The van der Waals surface area contributed by atoms with Gasteiger partial charge < -0.3 is 4.90 Å². The number of piperidine rings is 1. The molecular formula is C20H21ClN2O3S2. The summed E-state index contributed by atoms with van der Waals surface area (Å²) in [6, 6.07) is 15.5. The number of halogens is 1. The minimum Gasteiger partial charge on any atom is -0.323 e.